The van der Waals surface area contributed by atoms with Crippen LogP contribution >= 0.6 is 0 Å². The Labute approximate surface area is 150 Å². The van der Waals surface area contributed by atoms with Crippen molar-refractivity contribution in [3.63, 3.8) is 0 Å². The van der Waals surface area contributed by atoms with Gasteiger partial charge >= 0.3 is 0 Å². The number of rotatable bonds is 5. The van der Waals surface area contributed by atoms with Gasteiger partial charge in [-0.15, -0.1) is 0 Å². The number of aromatic nitrogens is 1. The van der Waals surface area contributed by atoms with Crippen molar-refractivity contribution in [2.24, 2.45) is 0 Å². The topological polar surface area (TPSA) is 39.3 Å². The van der Waals surface area contributed by atoms with Crippen LogP contribution in [-0.4, -0.2) is 35.6 Å². The normalized spacial score (nSPS) is 18.6. The van der Waals surface area contributed by atoms with Gasteiger partial charge in [0.15, 0.2) is 5.43 Å². The molecule has 1 aliphatic rings. The molecule has 0 radical (unpaired) electrons. The number of hydrogen-bond acceptors (Lipinski definition) is 3. The van der Waals surface area contributed by atoms with Crippen LogP contribution in [0.1, 0.15) is 51.3 Å². The highest BCUT2D eigenvalue weighted by Gasteiger charge is 2.21. The quantitative estimate of drug-likeness (QED) is 0.891. The van der Waals surface area contributed by atoms with E-state index in [1.165, 1.54) is 19.3 Å². The van der Waals surface area contributed by atoms with Crippen molar-refractivity contribution in [3.8, 4) is 0 Å². The van der Waals surface area contributed by atoms with Gasteiger partial charge < -0.3 is 9.88 Å². The second kappa shape index (κ2) is 7.61. The molecule has 1 aromatic carbocycles. The lowest BCUT2D eigenvalue weighted by Crippen LogP contribution is -2.38. The maximum Gasteiger partial charge on any atom is 0.194 e. The number of benzene rings is 1. The van der Waals surface area contributed by atoms with Crippen LogP contribution in [0.2, 0.25) is 0 Å². The number of H-pyrrole nitrogens is 1. The number of nitrogens with one attached hydrogen (secondary N) is 1. The maximum absolute atomic E-state index is 13.2. The lowest BCUT2D eigenvalue weighted by atomic mass is 10.0. The summed E-state index contributed by atoms with van der Waals surface area (Å²) in [7, 11) is 0. The fourth-order valence-electron chi connectivity index (χ4n) is 4.01. The number of nitrogens with zero attached hydrogens (tertiary/aromatic N) is 2. The molecular formula is C21H31N3O. The zero-order valence-electron chi connectivity index (χ0n) is 16.1. The Bertz CT molecular complexity index is 792. The Morgan fingerprint density at radius 2 is 2.00 bits per heavy atom. The highest BCUT2D eigenvalue weighted by Crippen LogP contribution is 2.22. The molecule has 4 heteroatoms. The first kappa shape index (κ1) is 18.0. The van der Waals surface area contributed by atoms with Crippen LogP contribution in [0.4, 0.5) is 5.69 Å². The van der Waals surface area contributed by atoms with Gasteiger partial charge in [0.05, 0.1) is 0 Å². The molecule has 4 nitrogen and oxygen atoms in total. The summed E-state index contributed by atoms with van der Waals surface area (Å²) in [5.74, 6) is 0. The van der Waals surface area contributed by atoms with Crippen LogP contribution in [0, 0.1) is 6.92 Å². The summed E-state index contributed by atoms with van der Waals surface area (Å²) in [6.45, 7) is 12.4. The van der Waals surface area contributed by atoms with Crippen molar-refractivity contribution in [1.29, 1.82) is 0 Å². The average Bonchev–Trinajstić information content (AvgIpc) is 2.61. The predicted octanol–water partition coefficient (Wildman–Crippen LogP) is 4.06. The van der Waals surface area contributed by atoms with Gasteiger partial charge in [-0.25, -0.2) is 0 Å². The molecule has 2 heterocycles. The molecular weight excluding hydrogens is 310 g/mol. The number of fused-ring (bicyclic) bond motifs is 1. The largest absolute Gasteiger partial charge is 0.372 e. The van der Waals surface area contributed by atoms with Gasteiger partial charge in [-0.05, 0) is 65.3 Å². The summed E-state index contributed by atoms with van der Waals surface area (Å²) in [5.41, 5.74) is 4.19. The van der Waals surface area contributed by atoms with E-state index in [4.69, 9.17) is 0 Å². The molecule has 3 rings (SSSR count). The highest BCUT2D eigenvalue weighted by molar-refractivity contribution is 5.83. The minimum atomic E-state index is 0.193. The van der Waals surface area contributed by atoms with Crippen molar-refractivity contribution in [3.05, 3.63) is 39.7 Å². The van der Waals surface area contributed by atoms with Crippen LogP contribution in [0.3, 0.4) is 0 Å². The molecule has 0 bridgehead atoms. The van der Waals surface area contributed by atoms with E-state index in [-0.39, 0.29) is 5.43 Å². The van der Waals surface area contributed by atoms with E-state index in [1.54, 1.807) is 0 Å². The van der Waals surface area contributed by atoms with Gasteiger partial charge in [0.2, 0.25) is 0 Å². The third kappa shape index (κ3) is 3.59. The fourth-order valence-corrected chi connectivity index (χ4v) is 4.01. The zero-order chi connectivity index (χ0) is 18.0. The van der Waals surface area contributed by atoms with Gasteiger partial charge in [-0.1, -0.05) is 6.42 Å². The van der Waals surface area contributed by atoms with Crippen molar-refractivity contribution in [2.75, 3.05) is 24.5 Å². The lowest BCUT2D eigenvalue weighted by Gasteiger charge is -2.33. The Kier molecular flexibility index (Phi) is 5.48. The van der Waals surface area contributed by atoms with E-state index < -0.39 is 0 Å². The van der Waals surface area contributed by atoms with Crippen molar-refractivity contribution in [1.82, 2.24) is 9.88 Å². The summed E-state index contributed by atoms with van der Waals surface area (Å²) in [4.78, 5) is 21.4. The second-order valence-corrected chi connectivity index (χ2v) is 7.28. The molecule has 0 amide bonds. The average molecular weight is 341 g/mol. The Morgan fingerprint density at radius 1 is 1.24 bits per heavy atom. The molecule has 1 saturated heterocycles. The predicted molar refractivity (Wildman–Crippen MR) is 107 cm³/mol. The van der Waals surface area contributed by atoms with Crippen LogP contribution in [-0.2, 0) is 6.54 Å². The minimum absolute atomic E-state index is 0.193. The van der Waals surface area contributed by atoms with E-state index >= 15 is 0 Å². The highest BCUT2D eigenvalue weighted by atomic mass is 16.1. The van der Waals surface area contributed by atoms with Gasteiger partial charge in [-0.3, -0.25) is 9.69 Å². The standard InChI is InChI=1S/C21H31N3O/c1-5-23(6-2)17-10-11-20-18(13-17)21(25)19(16(4)22-20)14-24-12-8-7-9-15(24)3/h10-11,13,15H,5-9,12,14H2,1-4H3,(H,22,25)/t15-/m0/s1. The third-order valence-electron chi connectivity index (χ3n) is 5.73. The fraction of sp³-hybridized carbons (Fsp3) is 0.571. The maximum atomic E-state index is 13.2. The summed E-state index contributed by atoms with van der Waals surface area (Å²) >= 11 is 0. The summed E-state index contributed by atoms with van der Waals surface area (Å²) in [6, 6.07) is 6.77. The monoisotopic (exact) mass is 341 g/mol. The van der Waals surface area contributed by atoms with Gasteiger partial charge in [-0.2, -0.15) is 0 Å². The number of likely N-dealkylation sites (tertiary alicyclic amines) is 1. The van der Waals surface area contributed by atoms with E-state index in [0.717, 1.165) is 54.0 Å². The summed E-state index contributed by atoms with van der Waals surface area (Å²) in [5, 5.41) is 0.815. The first-order chi connectivity index (χ1) is 12.0. The Hall–Kier alpha value is -1.81. The molecule has 136 valence electrons. The smallest absolute Gasteiger partial charge is 0.194 e. The van der Waals surface area contributed by atoms with Crippen molar-refractivity contribution >= 4 is 16.6 Å². The number of pyridine rings is 1. The molecule has 0 spiro atoms. The molecule has 1 fully saturated rings. The van der Waals surface area contributed by atoms with E-state index in [2.05, 4.69) is 47.7 Å². The summed E-state index contributed by atoms with van der Waals surface area (Å²) < 4.78 is 0. The molecule has 1 atom stereocenters. The lowest BCUT2D eigenvalue weighted by molar-refractivity contribution is 0.152. The molecule has 25 heavy (non-hydrogen) atoms. The first-order valence-electron chi connectivity index (χ1n) is 9.69. The number of piperidine rings is 1. The molecule has 0 aliphatic carbocycles. The van der Waals surface area contributed by atoms with E-state index in [9.17, 15) is 4.79 Å². The Morgan fingerprint density at radius 3 is 2.68 bits per heavy atom. The molecule has 0 unspecified atom stereocenters. The molecule has 2 aromatic rings. The first-order valence-corrected chi connectivity index (χ1v) is 9.69. The van der Waals surface area contributed by atoms with Crippen LogP contribution < -0.4 is 10.3 Å². The molecule has 1 aliphatic heterocycles. The van der Waals surface area contributed by atoms with Gasteiger partial charge in [0, 0.05) is 53.5 Å². The van der Waals surface area contributed by atoms with Gasteiger partial charge in [0.1, 0.15) is 0 Å². The number of hydrogen-bond donors (Lipinski definition) is 1. The molecule has 0 saturated carbocycles. The number of anilines is 1. The van der Waals surface area contributed by atoms with Crippen LogP contribution in [0.15, 0.2) is 23.0 Å². The van der Waals surface area contributed by atoms with E-state index in [0.29, 0.717) is 6.04 Å². The number of aryl methyl sites for hydroxylation is 1. The Balaban J connectivity index is 2.02. The van der Waals surface area contributed by atoms with E-state index in [1.807, 2.05) is 13.0 Å². The molecule has 1 N–H and O–H groups in total. The third-order valence-corrected chi connectivity index (χ3v) is 5.73. The zero-order valence-corrected chi connectivity index (χ0v) is 16.1. The van der Waals surface area contributed by atoms with Crippen LogP contribution in [0.5, 0.6) is 0 Å². The second-order valence-electron chi connectivity index (χ2n) is 7.28. The van der Waals surface area contributed by atoms with Crippen molar-refractivity contribution < 1.29 is 0 Å². The van der Waals surface area contributed by atoms with Crippen LogP contribution in [0.25, 0.3) is 10.9 Å². The van der Waals surface area contributed by atoms with Gasteiger partial charge in [0.25, 0.3) is 0 Å². The molecule has 1 aromatic heterocycles. The number of aromatic amines is 1. The summed E-state index contributed by atoms with van der Waals surface area (Å²) in [6.07, 6.45) is 3.77. The SMILES string of the molecule is CCN(CC)c1ccc2[nH]c(C)c(CN3CCCC[C@@H]3C)c(=O)c2c1. The van der Waals surface area contributed by atoms with Crippen molar-refractivity contribution in [2.45, 2.75) is 59.5 Å². The minimum Gasteiger partial charge on any atom is -0.372 e.